The molecule has 1 heteroatoms. The first-order valence-corrected chi connectivity index (χ1v) is 6.88. The Hall–Kier alpha value is -0.0400. The largest absolute Gasteiger partial charge is 0.314 e. The van der Waals surface area contributed by atoms with Crippen LogP contribution in [0.3, 0.4) is 0 Å². The lowest BCUT2D eigenvalue weighted by atomic mass is 9.72. The molecule has 3 atom stereocenters. The van der Waals surface area contributed by atoms with Crippen molar-refractivity contribution < 1.29 is 0 Å². The van der Waals surface area contributed by atoms with Gasteiger partial charge in [0, 0.05) is 6.04 Å². The minimum atomic E-state index is 0.643. The number of hydrogen-bond acceptors (Lipinski definition) is 1. The smallest absolute Gasteiger partial charge is 0.00104 e. The first-order chi connectivity index (χ1) is 7.15. The molecule has 1 nitrogen and oxygen atoms in total. The highest BCUT2D eigenvalue weighted by molar-refractivity contribution is 4.80. The Kier molecular flexibility index (Phi) is 5.66. The van der Waals surface area contributed by atoms with Crippen molar-refractivity contribution >= 4 is 0 Å². The van der Waals surface area contributed by atoms with E-state index in [-0.39, 0.29) is 0 Å². The van der Waals surface area contributed by atoms with Crippen LogP contribution in [0.15, 0.2) is 0 Å². The van der Waals surface area contributed by atoms with Gasteiger partial charge in [0.15, 0.2) is 0 Å². The molecule has 15 heavy (non-hydrogen) atoms. The van der Waals surface area contributed by atoms with Gasteiger partial charge < -0.3 is 5.32 Å². The lowest BCUT2D eigenvalue weighted by Crippen LogP contribution is -2.36. The summed E-state index contributed by atoms with van der Waals surface area (Å²) in [6, 6.07) is 0.643. The zero-order valence-electron chi connectivity index (χ0n) is 11.1. The maximum Gasteiger partial charge on any atom is 0.00104 e. The SMILES string of the molecule is CCC(C)C1CCCCC1CNC(C)C. The van der Waals surface area contributed by atoms with Crippen molar-refractivity contribution in [2.45, 2.75) is 65.8 Å². The summed E-state index contributed by atoms with van der Waals surface area (Å²) in [5, 5.41) is 3.62. The van der Waals surface area contributed by atoms with Gasteiger partial charge in [-0.25, -0.2) is 0 Å². The Morgan fingerprint density at radius 1 is 1.13 bits per heavy atom. The Morgan fingerprint density at radius 2 is 1.80 bits per heavy atom. The van der Waals surface area contributed by atoms with Crippen molar-refractivity contribution in [2.24, 2.45) is 17.8 Å². The van der Waals surface area contributed by atoms with Gasteiger partial charge in [0.1, 0.15) is 0 Å². The molecule has 1 fully saturated rings. The monoisotopic (exact) mass is 211 g/mol. The van der Waals surface area contributed by atoms with Gasteiger partial charge in [0.05, 0.1) is 0 Å². The van der Waals surface area contributed by atoms with E-state index in [2.05, 4.69) is 33.0 Å². The summed E-state index contributed by atoms with van der Waals surface area (Å²) in [5.74, 6) is 2.84. The van der Waals surface area contributed by atoms with Gasteiger partial charge in [-0.3, -0.25) is 0 Å². The predicted molar refractivity (Wildman–Crippen MR) is 68.0 cm³/mol. The highest BCUT2D eigenvalue weighted by Gasteiger charge is 2.28. The molecule has 1 N–H and O–H groups in total. The van der Waals surface area contributed by atoms with Crippen molar-refractivity contribution in [1.29, 1.82) is 0 Å². The number of hydrogen-bond donors (Lipinski definition) is 1. The zero-order chi connectivity index (χ0) is 11.3. The molecule has 1 saturated carbocycles. The molecule has 0 spiro atoms. The third kappa shape index (κ3) is 4.14. The molecular formula is C14H29N. The average molecular weight is 211 g/mol. The van der Waals surface area contributed by atoms with Crippen molar-refractivity contribution in [3.63, 3.8) is 0 Å². The second-order valence-corrected chi connectivity index (χ2v) is 5.66. The summed E-state index contributed by atoms with van der Waals surface area (Å²) < 4.78 is 0. The van der Waals surface area contributed by atoms with Crippen LogP contribution < -0.4 is 5.32 Å². The minimum absolute atomic E-state index is 0.643. The lowest BCUT2D eigenvalue weighted by molar-refractivity contribution is 0.161. The van der Waals surface area contributed by atoms with E-state index in [1.807, 2.05) is 0 Å². The van der Waals surface area contributed by atoms with Gasteiger partial charge >= 0.3 is 0 Å². The Labute approximate surface area is 96.0 Å². The molecule has 90 valence electrons. The van der Waals surface area contributed by atoms with Gasteiger partial charge in [0.2, 0.25) is 0 Å². The third-order valence-electron chi connectivity index (χ3n) is 4.13. The quantitative estimate of drug-likeness (QED) is 0.728. The molecule has 0 aromatic heterocycles. The van der Waals surface area contributed by atoms with E-state index in [1.165, 1.54) is 38.6 Å². The first-order valence-electron chi connectivity index (χ1n) is 6.88. The summed E-state index contributed by atoms with van der Waals surface area (Å²) in [6.45, 7) is 10.5. The molecule has 0 aromatic rings. The molecule has 0 amide bonds. The van der Waals surface area contributed by atoms with Gasteiger partial charge in [0.25, 0.3) is 0 Å². The summed E-state index contributed by atoms with van der Waals surface area (Å²) >= 11 is 0. The molecule has 0 aromatic carbocycles. The van der Waals surface area contributed by atoms with E-state index in [0.717, 1.165) is 17.8 Å². The van der Waals surface area contributed by atoms with Gasteiger partial charge in [-0.1, -0.05) is 47.0 Å². The molecule has 0 bridgehead atoms. The van der Waals surface area contributed by atoms with Crippen LogP contribution in [0.4, 0.5) is 0 Å². The minimum Gasteiger partial charge on any atom is -0.314 e. The van der Waals surface area contributed by atoms with E-state index in [0.29, 0.717) is 6.04 Å². The van der Waals surface area contributed by atoms with E-state index in [4.69, 9.17) is 0 Å². The molecule has 1 rings (SSSR count). The van der Waals surface area contributed by atoms with Crippen molar-refractivity contribution in [3.8, 4) is 0 Å². The van der Waals surface area contributed by atoms with E-state index in [1.54, 1.807) is 0 Å². The van der Waals surface area contributed by atoms with Crippen LogP contribution in [0.25, 0.3) is 0 Å². The van der Waals surface area contributed by atoms with Crippen LogP contribution in [0, 0.1) is 17.8 Å². The van der Waals surface area contributed by atoms with Crippen molar-refractivity contribution in [2.75, 3.05) is 6.54 Å². The number of rotatable bonds is 5. The van der Waals surface area contributed by atoms with Crippen LogP contribution in [-0.4, -0.2) is 12.6 Å². The van der Waals surface area contributed by atoms with Crippen molar-refractivity contribution in [3.05, 3.63) is 0 Å². The Morgan fingerprint density at radius 3 is 2.40 bits per heavy atom. The summed E-state index contributed by atoms with van der Waals surface area (Å²) in [6.07, 6.45) is 7.20. The summed E-state index contributed by atoms with van der Waals surface area (Å²) in [5.41, 5.74) is 0. The zero-order valence-corrected chi connectivity index (χ0v) is 11.1. The third-order valence-corrected chi connectivity index (χ3v) is 4.13. The molecule has 0 radical (unpaired) electrons. The highest BCUT2D eigenvalue weighted by atomic mass is 14.9. The Bertz CT molecular complexity index is 165. The second kappa shape index (κ2) is 6.52. The molecule has 3 unspecified atom stereocenters. The fourth-order valence-corrected chi connectivity index (χ4v) is 2.93. The predicted octanol–water partition coefficient (Wildman–Crippen LogP) is 3.84. The fourth-order valence-electron chi connectivity index (χ4n) is 2.93. The van der Waals surface area contributed by atoms with Crippen LogP contribution >= 0.6 is 0 Å². The second-order valence-electron chi connectivity index (χ2n) is 5.66. The normalized spacial score (nSPS) is 29.4. The van der Waals surface area contributed by atoms with E-state index >= 15 is 0 Å². The standard InChI is InChI=1S/C14H29N/c1-5-12(4)14-9-7-6-8-13(14)10-15-11(2)3/h11-15H,5-10H2,1-4H3. The van der Waals surface area contributed by atoms with Crippen LogP contribution in [-0.2, 0) is 0 Å². The van der Waals surface area contributed by atoms with Gasteiger partial charge in [-0.15, -0.1) is 0 Å². The van der Waals surface area contributed by atoms with Gasteiger partial charge in [-0.05, 0) is 37.1 Å². The topological polar surface area (TPSA) is 12.0 Å². The molecular weight excluding hydrogens is 182 g/mol. The van der Waals surface area contributed by atoms with Crippen LogP contribution in [0.1, 0.15) is 59.8 Å². The molecule has 0 aliphatic heterocycles. The van der Waals surface area contributed by atoms with Crippen LogP contribution in [0.2, 0.25) is 0 Å². The van der Waals surface area contributed by atoms with E-state index in [9.17, 15) is 0 Å². The molecule has 0 heterocycles. The molecule has 1 aliphatic carbocycles. The van der Waals surface area contributed by atoms with Crippen LogP contribution in [0.5, 0.6) is 0 Å². The lowest BCUT2D eigenvalue weighted by Gasteiger charge is -2.36. The summed E-state index contributed by atoms with van der Waals surface area (Å²) in [7, 11) is 0. The number of nitrogens with one attached hydrogen (secondary N) is 1. The highest BCUT2D eigenvalue weighted by Crippen LogP contribution is 2.36. The average Bonchev–Trinajstić information content (AvgIpc) is 2.25. The van der Waals surface area contributed by atoms with Gasteiger partial charge in [-0.2, -0.15) is 0 Å². The molecule has 0 saturated heterocycles. The first kappa shape index (κ1) is 13.0. The van der Waals surface area contributed by atoms with E-state index < -0.39 is 0 Å². The fraction of sp³-hybridized carbons (Fsp3) is 1.00. The summed E-state index contributed by atoms with van der Waals surface area (Å²) in [4.78, 5) is 0. The maximum atomic E-state index is 3.62. The molecule has 1 aliphatic rings. The van der Waals surface area contributed by atoms with Crippen molar-refractivity contribution in [1.82, 2.24) is 5.32 Å². The maximum absolute atomic E-state index is 3.62. The Balaban J connectivity index is 2.42.